The van der Waals surface area contributed by atoms with Crippen molar-refractivity contribution in [2.45, 2.75) is 167 Å². The fraction of sp³-hybridized carbons (Fsp3) is 1.00. The first-order valence-corrected chi connectivity index (χ1v) is 17.3. The van der Waals surface area contributed by atoms with Crippen LogP contribution in [0.1, 0.15) is 19.8 Å². The lowest BCUT2D eigenvalue weighted by Gasteiger charge is -2.48. The van der Waals surface area contributed by atoms with Crippen LogP contribution in [0.3, 0.4) is 0 Å². The largest absolute Gasteiger partial charge is 0.394 e. The maximum absolute atomic E-state index is 11.0. The standard InChI is InChI=1S/C30H52O23/c1-7-24(17(38)20(41)27(45)46-7)47-8-2-3-9(14(35)13(8)34)48-28-22(43)18(39)25(11(5-32)50-28)53-30-23(44)19(40)26(12(6-33)51-30)52-29-21(42)16(37)15(36)10(4-31)49-29/h7-45H,2-6H2,1H3/t7-,8+,9-,10+,11+,12+,13-,14-,15-,16+,17-,18-,19+,20+,21+,22-,23+,24-,25+,26+,27-,28-,29+,30-/m0/s1. The van der Waals surface area contributed by atoms with E-state index in [0.29, 0.717) is 0 Å². The Bertz CT molecular complexity index is 1140. The van der Waals surface area contributed by atoms with Crippen LogP contribution < -0.4 is 0 Å². The summed E-state index contributed by atoms with van der Waals surface area (Å²) in [6, 6.07) is 0. The molecule has 0 aromatic carbocycles. The predicted octanol–water partition coefficient (Wildman–Crippen LogP) is -9.45. The first-order chi connectivity index (χ1) is 25.0. The summed E-state index contributed by atoms with van der Waals surface area (Å²) in [5.74, 6) is 0. The molecule has 4 saturated heterocycles. The third kappa shape index (κ3) is 8.82. The van der Waals surface area contributed by atoms with Gasteiger partial charge >= 0.3 is 0 Å². The first-order valence-electron chi connectivity index (χ1n) is 17.3. The molecule has 5 aliphatic rings. The minimum Gasteiger partial charge on any atom is -0.394 e. The minimum atomic E-state index is -2.02. The Morgan fingerprint density at radius 2 is 0.792 bits per heavy atom. The van der Waals surface area contributed by atoms with Crippen molar-refractivity contribution in [2.75, 3.05) is 19.8 Å². The lowest BCUT2D eigenvalue weighted by molar-refractivity contribution is -0.382. The van der Waals surface area contributed by atoms with Crippen LogP contribution in [0.4, 0.5) is 0 Å². The van der Waals surface area contributed by atoms with Gasteiger partial charge in [-0.15, -0.1) is 0 Å². The van der Waals surface area contributed by atoms with Gasteiger partial charge in [-0.05, 0) is 19.8 Å². The second-order valence-corrected chi connectivity index (χ2v) is 13.9. The van der Waals surface area contributed by atoms with Crippen molar-refractivity contribution in [3.63, 3.8) is 0 Å². The van der Waals surface area contributed by atoms with E-state index in [1.807, 2.05) is 0 Å². The van der Waals surface area contributed by atoms with Crippen LogP contribution in [0.25, 0.3) is 0 Å². The Morgan fingerprint density at radius 1 is 0.396 bits per heavy atom. The topological polar surface area (TPSA) is 377 Å². The van der Waals surface area contributed by atoms with Crippen molar-refractivity contribution in [3.05, 3.63) is 0 Å². The van der Waals surface area contributed by atoms with Crippen molar-refractivity contribution in [2.24, 2.45) is 0 Å². The molecule has 53 heavy (non-hydrogen) atoms. The van der Waals surface area contributed by atoms with Gasteiger partial charge in [-0.25, -0.2) is 0 Å². The summed E-state index contributed by atoms with van der Waals surface area (Å²) in [5.41, 5.74) is 0. The zero-order valence-electron chi connectivity index (χ0n) is 28.4. The number of hydrogen-bond acceptors (Lipinski definition) is 23. The van der Waals surface area contributed by atoms with Gasteiger partial charge < -0.3 is 114 Å². The summed E-state index contributed by atoms with van der Waals surface area (Å²) in [6.07, 6.45) is -39.0. The maximum atomic E-state index is 11.0. The number of hydrogen-bond donors (Lipinski definition) is 15. The monoisotopic (exact) mass is 780 g/mol. The van der Waals surface area contributed by atoms with Crippen molar-refractivity contribution >= 4 is 0 Å². The van der Waals surface area contributed by atoms with E-state index in [1.165, 1.54) is 6.92 Å². The summed E-state index contributed by atoms with van der Waals surface area (Å²) >= 11 is 0. The normalized spacial score (nSPS) is 54.1. The molecule has 1 aliphatic carbocycles. The van der Waals surface area contributed by atoms with Gasteiger partial charge in [-0.1, -0.05) is 0 Å². The lowest BCUT2D eigenvalue weighted by Crippen LogP contribution is -2.67. The van der Waals surface area contributed by atoms with Gasteiger partial charge in [0.2, 0.25) is 0 Å². The molecule has 5 fully saturated rings. The third-order valence-corrected chi connectivity index (χ3v) is 10.4. The van der Waals surface area contributed by atoms with Crippen LogP contribution in [-0.2, 0) is 37.9 Å². The molecule has 15 N–H and O–H groups in total. The molecule has 0 bridgehead atoms. The average molecular weight is 781 g/mol. The number of aliphatic hydroxyl groups excluding tert-OH is 15. The Balaban J connectivity index is 1.18. The SMILES string of the molecule is C[C@@H]1O[C@H](O)[C@H](O)[C@H](O)[C@H]1O[C@@H]1CC[C@H](O[C@H]2O[C@H](CO)[C@@H](O[C@@H]3O[C@H](CO)[C@@H](O[C@H]4O[C@H](CO)[C@H](O)[C@@H](O)[C@H]4O)[C@H](O)[C@H]3O)[C@@H](O)[C@@H]2O)[C@H](O)[C@H]1O. The smallest absolute Gasteiger partial charge is 0.187 e. The average Bonchev–Trinajstić information content (AvgIpc) is 3.14. The number of rotatable bonds is 11. The highest BCUT2D eigenvalue weighted by Crippen LogP contribution is 2.35. The molecule has 0 spiro atoms. The van der Waals surface area contributed by atoms with Gasteiger partial charge in [0.15, 0.2) is 25.2 Å². The molecule has 310 valence electrons. The van der Waals surface area contributed by atoms with E-state index in [2.05, 4.69) is 0 Å². The van der Waals surface area contributed by atoms with E-state index >= 15 is 0 Å². The molecule has 0 amide bonds. The molecule has 1 saturated carbocycles. The van der Waals surface area contributed by atoms with E-state index in [1.54, 1.807) is 0 Å². The summed E-state index contributed by atoms with van der Waals surface area (Å²) in [6.45, 7) is -1.08. The molecule has 23 nitrogen and oxygen atoms in total. The molecule has 23 heteroatoms. The van der Waals surface area contributed by atoms with Crippen LogP contribution in [0.2, 0.25) is 0 Å². The molecular formula is C30H52O23. The summed E-state index contributed by atoms with van der Waals surface area (Å²) in [5, 5.41) is 155. The van der Waals surface area contributed by atoms with E-state index in [0.717, 1.165) is 0 Å². The van der Waals surface area contributed by atoms with Crippen LogP contribution in [0.5, 0.6) is 0 Å². The summed E-state index contributed by atoms with van der Waals surface area (Å²) < 4.78 is 44.2. The van der Waals surface area contributed by atoms with Crippen LogP contribution in [0, 0.1) is 0 Å². The highest BCUT2D eigenvalue weighted by atomic mass is 16.8. The van der Waals surface area contributed by atoms with Crippen molar-refractivity contribution in [1.29, 1.82) is 0 Å². The second kappa shape index (κ2) is 18.1. The molecule has 0 aromatic rings. The first kappa shape index (κ1) is 43.2. The van der Waals surface area contributed by atoms with Gasteiger partial charge in [0, 0.05) is 0 Å². The van der Waals surface area contributed by atoms with Gasteiger partial charge in [-0.3, -0.25) is 0 Å². The van der Waals surface area contributed by atoms with Crippen molar-refractivity contribution < 1.29 is 114 Å². The Kier molecular flexibility index (Phi) is 14.8. The van der Waals surface area contributed by atoms with E-state index in [9.17, 15) is 76.6 Å². The molecule has 24 atom stereocenters. The Hall–Kier alpha value is -0.920. The zero-order chi connectivity index (χ0) is 39.0. The van der Waals surface area contributed by atoms with Crippen molar-refractivity contribution in [3.8, 4) is 0 Å². The summed E-state index contributed by atoms with van der Waals surface area (Å²) in [7, 11) is 0. The molecule has 4 aliphatic heterocycles. The number of aliphatic hydroxyl groups is 15. The minimum absolute atomic E-state index is 0.0182. The molecular weight excluding hydrogens is 728 g/mol. The second-order valence-electron chi connectivity index (χ2n) is 13.9. The molecule has 5 rings (SSSR count). The maximum Gasteiger partial charge on any atom is 0.187 e. The molecule has 4 heterocycles. The molecule has 0 aromatic heterocycles. The molecule has 0 radical (unpaired) electrons. The quantitative estimate of drug-likeness (QED) is 0.0925. The highest BCUT2D eigenvalue weighted by Gasteiger charge is 2.55. The predicted molar refractivity (Wildman–Crippen MR) is 162 cm³/mol. The fourth-order valence-corrected chi connectivity index (χ4v) is 7.15. The van der Waals surface area contributed by atoms with Gasteiger partial charge in [0.1, 0.15) is 104 Å². The highest BCUT2D eigenvalue weighted by molar-refractivity contribution is 4.98. The lowest BCUT2D eigenvalue weighted by atomic mass is 9.88. The third-order valence-electron chi connectivity index (χ3n) is 10.4. The number of ether oxygens (including phenoxy) is 8. The van der Waals surface area contributed by atoms with Crippen LogP contribution in [0.15, 0.2) is 0 Å². The van der Waals surface area contributed by atoms with Gasteiger partial charge in [-0.2, -0.15) is 0 Å². The van der Waals surface area contributed by atoms with E-state index < -0.39 is 167 Å². The van der Waals surface area contributed by atoms with E-state index in [4.69, 9.17) is 37.9 Å². The zero-order valence-corrected chi connectivity index (χ0v) is 28.4. The Labute approximate surface area is 301 Å². The van der Waals surface area contributed by atoms with Crippen molar-refractivity contribution in [1.82, 2.24) is 0 Å². The van der Waals surface area contributed by atoms with Crippen LogP contribution in [-0.4, -0.2) is 244 Å². The molecule has 0 unspecified atom stereocenters. The van der Waals surface area contributed by atoms with Crippen LogP contribution >= 0.6 is 0 Å². The summed E-state index contributed by atoms with van der Waals surface area (Å²) in [4.78, 5) is 0. The van der Waals surface area contributed by atoms with Gasteiger partial charge in [0.25, 0.3) is 0 Å². The Morgan fingerprint density at radius 3 is 1.26 bits per heavy atom. The van der Waals surface area contributed by atoms with Gasteiger partial charge in [0.05, 0.1) is 38.1 Å². The fourth-order valence-electron chi connectivity index (χ4n) is 7.15. The van der Waals surface area contributed by atoms with E-state index in [-0.39, 0.29) is 12.8 Å².